The zero-order chi connectivity index (χ0) is 25.9. The summed E-state index contributed by atoms with van der Waals surface area (Å²) >= 11 is 6.80. The molecular weight excluding hydrogens is 467 g/mol. The van der Waals surface area contributed by atoms with Gasteiger partial charge < -0.3 is 18.5 Å². The molecule has 1 radical (unpaired) electrons. The fourth-order valence-corrected chi connectivity index (χ4v) is 7.37. The minimum absolute atomic E-state index is 0.0439. The lowest BCUT2D eigenvalue weighted by Gasteiger charge is -2.64. The van der Waals surface area contributed by atoms with Gasteiger partial charge in [0.2, 0.25) is 0 Å². The average molecular weight is 514 g/mol. The fourth-order valence-electron chi connectivity index (χ4n) is 5.78. The van der Waals surface area contributed by atoms with Gasteiger partial charge >= 0.3 is 13.1 Å². The topological polar surface area (TPSA) is 54.0 Å². The van der Waals surface area contributed by atoms with E-state index < -0.39 is 21.0 Å². The first-order valence-electron chi connectivity index (χ1n) is 13.0. The first kappa shape index (κ1) is 28.5. The van der Waals surface area contributed by atoms with Crippen molar-refractivity contribution in [3.8, 4) is 0 Å². The molecule has 3 saturated carbocycles. The number of ether oxygens (including phenoxy) is 1. The van der Waals surface area contributed by atoms with E-state index in [1.54, 1.807) is 0 Å². The van der Waals surface area contributed by atoms with Gasteiger partial charge in [0, 0.05) is 0 Å². The van der Waals surface area contributed by atoms with Gasteiger partial charge in [-0.3, -0.25) is 4.79 Å². The molecule has 34 heavy (non-hydrogen) atoms. The minimum Gasteiger partial charge on any atom is -0.460 e. The van der Waals surface area contributed by atoms with Crippen molar-refractivity contribution >= 4 is 33.0 Å². The Labute approximate surface area is 214 Å². The quantitative estimate of drug-likeness (QED) is 0.260. The van der Waals surface area contributed by atoms with Crippen molar-refractivity contribution in [3.05, 3.63) is 5.28 Å². The Kier molecular flexibility index (Phi) is 7.83. The summed E-state index contributed by atoms with van der Waals surface area (Å²) in [5.74, 6) is 0.967. The van der Waals surface area contributed by atoms with Crippen LogP contribution in [0, 0.1) is 22.5 Å². The van der Waals surface area contributed by atoms with Crippen LogP contribution in [0.15, 0.2) is 0 Å². The Morgan fingerprint density at radius 3 is 2.29 bits per heavy atom. The number of carbonyl (C=O) groups excluding carboxylic acids is 1. The molecule has 8 heteroatoms. The van der Waals surface area contributed by atoms with Crippen molar-refractivity contribution in [1.29, 1.82) is 0 Å². The Balaban J connectivity index is 1.63. The van der Waals surface area contributed by atoms with E-state index in [-0.39, 0.29) is 35.2 Å². The van der Waals surface area contributed by atoms with Crippen LogP contribution in [-0.4, -0.2) is 44.8 Å². The molecule has 4 aliphatic rings. The van der Waals surface area contributed by atoms with Gasteiger partial charge in [0.15, 0.2) is 8.32 Å². The molecule has 0 amide bonds. The van der Waals surface area contributed by atoms with Crippen LogP contribution in [0.1, 0.15) is 94.4 Å². The normalized spacial score (nSPS) is 31.8. The number of hydrogen-bond acceptors (Lipinski definition) is 5. The second-order valence-corrected chi connectivity index (χ2v) is 19.3. The molecule has 3 aliphatic carbocycles. The standard InChI is InChI=1S/C26H47BClO5Si/c1-23(2,3)30-22(29)16-18(32-34(10,11)24(4,5)6)12-13-21(28)27-31-20-15-17-14-19(25(17,7)8)26(20,9)33-27/h17-20H,12-16H2,1-11H3/t17?,18?,19?,20-,26+/m1/s1. The van der Waals surface area contributed by atoms with E-state index in [9.17, 15) is 4.79 Å². The van der Waals surface area contributed by atoms with E-state index >= 15 is 0 Å². The molecule has 5 nitrogen and oxygen atoms in total. The van der Waals surface area contributed by atoms with Gasteiger partial charge in [0.25, 0.3) is 0 Å². The van der Waals surface area contributed by atoms with Crippen LogP contribution in [-0.2, 0) is 23.3 Å². The third kappa shape index (κ3) is 5.74. The van der Waals surface area contributed by atoms with E-state index in [0.717, 1.165) is 6.42 Å². The summed E-state index contributed by atoms with van der Waals surface area (Å²) in [5.41, 5.74) is -0.504. The maximum Gasteiger partial charge on any atom is 0.481 e. The van der Waals surface area contributed by atoms with E-state index in [1.807, 2.05) is 20.8 Å². The third-order valence-corrected chi connectivity index (χ3v) is 13.9. The zero-order valence-corrected chi connectivity index (χ0v) is 25.1. The molecule has 1 saturated heterocycles. The predicted octanol–water partition coefficient (Wildman–Crippen LogP) is 6.93. The largest absolute Gasteiger partial charge is 0.481 e. The Morgan fingerprint density at radius 2 is 1.76 bits per heavy atom. The fraction of sp³-hybridized carbons (Fsp3) is 0.923. The van der Waals surface area contributed by atoms with Gasteiger partial charge in [-0.25, -0.2) is 0 Å². The zero-order valence-electron chi connectivity index (χ0n) is 23.3. The highest BCUT2D eigenvalue weighted by Crippen LogP contribution is 2.66. The van der Waals surface area contributed by atoms with Crippen LogP contribution < -0.4 is 0 Å². The van der Waals surface area contributed by atoms with E-state index in [2.05, 4.69) is 54.6 Å². The van der Waals surface area contributed by atoms with E-state index in [4.69, 9.17) is 30.1 Å². The summed E-state index contributed by atoms with van der Waals surface area (Å²) < 4.78 is 25.1. The lowest BCUT2D eigenvalue weighted by molar-refractivity contribution is -0.199. The van der Waals surface area contributed by atoms with Crippen molar-refractivity contribution in [1.82, 2.24) is 0 Å². The molecule has 1 aliphatic heterocycles. The molecule has 0 aromatic heterocycles. The van der Waals surface area contributed by atoms with Gasteiger partial charge in [0.1, 0.15) is 5.60 Å². The van der Waals surface area contributed by atoms with Crippen LogP contribution in [0.4, 0.5) is 0 Å². The number of rotatable bonds is 8. The van der Waals surface area contributed by atoms with Crippen molar-refractivity contribution < 1.29 is 23.3 Å². The van der Waals surface area contributed by atoms with E-state index in [0.29, 0.717) is 35.4 Å². The molecule has 4 rings (SSSR count). The second kappa shape index (κ2) is 9.34. The second-order valence-electron chi connectivity index (χ2n) is 14.1. The van der Waals surface area contributed by atoms with Crippen LogP contribution in [0.5, 0.6) is 0 Å². The number of carbonyl (C=O) groups is 1. The lowest BCUT2D eigenvalue weighted by Crippen LogP contribution is -2.65. The number of halogens is 1. The molecule has 2 bridgehead atoms. The summed E-state index contributed by atoms with van der Waals surface area (Å²) in [4.78, 5) is 12.6. The van der Waals surface area contributed by atoms with Crippen molar-refractivity contribution in [3.63, 3.8) is 0 Å². The summed E-state index contributed by atoms with van der Waals surface area (Å²) in [7, 11) is -2.57. The smallest absolute Gasteiger partial charge is 0.460 e. The molecular formula is C26H47BClO5Si. The first-order valence-corrected chi connectivity index (χ1v) is 16.3. The van der Waals surface area contributed by atoms with Crippen molar-refractivity contribution in [2.24, 2.45) is 17.3 Å². The molecule has 3 unspecified atom stereocenters. The van der Waals surface area contributed by atoms with Crippen LogP contribution in [0.2, 0.25) is 18.1 Å². The Bertz CT molecular complexity index is 761. The van der Waals surface area contributed by atoms with E-state index in [1.165, 1.54) is 6.42 Å². The Hall–Kier alpha value is -0.0782. The number of hydrogen-bond donors (Lipinski definition) is 0. The van der Waals surface area contributed by atoms with Gasteiger partial charge in [-0.05, 0) is 88.8 Å². The first-order chi connectivity index (χ1) is 15.3. The van der Waals surface area contributed by atoms with Crippen LogP contribution >= 0.6 is 11.6 Å². The lowest BCUT2D eigenvalue weighted by atomic mass is 9.43. The summed E-state index contributed by atoms with van der Waals surface area (Å²) in [6, 6.07) is 0. The predicted molar refractivity (Wildman–Crippen MR) is 141 cm³/mol. The average Bonchev–Trinajstić information content (AvgIpc) is 3.00. The molecule has 0 spiro atoms. The monoisotopic (exact) mass is 513 g/mol. The van der Waals surface area contributed by atoms with Crippen molar-refractivity contribution in [2.75, 3.05) is 0 Å². The molecule has 4 fully saturated rings. The SMILES string of the molecule is CC(C)(C)OC(=O)CC(CC[C](Cl)B1O[C@@H]2CC3CC(C3(C)C)[C@]2(C)O1)O[Si](C)(C)C(C)(C)C. The maximum absolute atomic E-state index is 12.6. The molecule has 0 aromatic carbocycles. The van der Waals surface area contributed by atoms with Crippen LogP contribution in [0.3, 0.4) is 0 Å². The van der Waals surface area contributed by atoms with Crippen molar-refractivity contribution in [2.45, 2.75) is 136 Å². The molecule has 5 atom stereocenters. The molecule has 1 heterocycles. The Morgan fingerprint density at radius 1 is 1.15 bits per heavy atom. The highest BCUT2D eigenvalue weighted by Gasteiger charge is 2.68. The highest BCUT2D eigenvalue weighted by atomic mass is 35.5. The summed E-state index contributed by atoms with van der Waals surface area (Å²) in [5, 5.41) is 0.709. The molecule has 195 valence electrons. The van der Waals surface area contributed by atoms with Gasteiger partial charge in [-0.1, -0.05) is 34.6 Å². The number of esters is 1. The summed E-state index contributed by atoms with van der Waals surface area (Å²) in [6.45, 7) is 23.6. The highest BCUT2D eigenvalue weighted by molar-refractivity contribution is 6.74. The summed E-state index contributed by atoms with van der Waals surface area (Å²) in [6.07, 6.45) is 3.53. The maximum atomic E-state index is 12.6. The third-order valence-electron chi connectivity index (χ3n) is 8.99. The molecule has 0 N–H and O–H groups in total. The van der Waals surface area contributed by atoms with Crippen LogP contribution in [0.25, 0.3) is 0 Å². The van der Waals surface area contributed by atoms with Gasteiger partial charge in [0.05, 0.1) is 29.5 Å². The van der Waals surface area contributed by atoms with Gasteiger partial charge in [-0.15, -0.1) is 11.6 Å². The minimum atomic E-state index is -2.08. The van der Waals surface area contributed by atoms with Gasteiger partial charge in [-0.2, -0.15) is 0 Å². The molecule has 0 aromatic rings.